The number of rotatable bonds is 7. The monoisotopic (exact) mass is 482 g/mol. The summed E-state index contributed by atoms with van der Waals surface area (Å²) < 4.78 is 13.9. The smallest absolute Gasteiger partial charge is 0.288 e. The average molecular weight is 483 g/mol. The standard InChI is InChI=1S/C28H38N2O5/c1-3-34-28-22(13-11-17-31)23(24-19-30(20(2)32)25-14-8-7-12-21(24)25)18-26(35-28)27(33)29-15-9-5-4-6-10-16-29/h7-8,12,14,18-19,22-23,28,31H,3-6,9-11,13,15-17H2,1-2H3/t22-,23-,28+/m1/s1. The van der Waals surface area contributed by atoms with Crippen LogP contribution < -0.4 is 0 Å². The van der Waals surface area contributed by atoms with Gasteiger partial charge in [-0.2, -0.15) is 0 Å². The van der Waals surface area contributed by atoms with Gasteiger partial charge in [0.25, 0.3) is 5.91 Å². The van der Waals surface area contributed by atoms with Gasteiger partial charge in [-0.1, -0.05) is 37.5 Å². The third-order valence-electron chi connectivity index (χ3n) is 7.21. The minimum absolute atomic E-state index is 0.0614. The molecule has 1 fully saturated rings. The third kappa shape index (κ3) is 5.62. The van der Waals surface area contributed by atoms with Crippen LogP contribution in [-0.4, -0.2) is 59.0 Å². The van der Waals surface area contributed by atoms with Crippen molar-refractivity contribution in [3.63, 3.8) is 0 Å². The number of fused-ring (bicyclic) bond motifs is 1. The molecule has 1 amide bonds. The lowest BCUT2D eigenvalue weighted by atomic mass is 9.80. The quantitative estimate of drug-likeness (QED) is 0.611. The Balaban J connectivity index is 1.78. The highest BCUT2D eigenvalue weighted by Gasteiger charge is 2.40. The Labute approximate surface area is 207 Å². The van der Waals surface area contributed by atoms with Gasteiger partial charge in [0.15, 0.2) is 5.76 Å². The Morgan fingerprint density at radius 1 is 1.11 bits per heavy atom. The van der Waals surface area contributed by atoms with Crippen molar-refractivity contribution in [2.75, 3.05) is 26.3 Å². The molecular formula is C28H38N2O5. The molecule has 3 heterocycles. The van der Waals surface area contributed by atoms with Gasteiger partial charge in [-0.25, -0.2) is 0 Å². The van der Waals surface area contributed by atoms with E-state index in [-0.39, 0.29) is 30.3 Å². The highest BCUT2D eigenvalue weighted by molar-refractivity contribution is 5.95. The number of nitrogens with zero attached hydrogens (tertiary/aromatic N) is 2. The van der Waals surface area contributed by atoms with Crippen LogP contribution in [0, 0.1) is 5.92 Å². The van der Waals surface area contributed by atoms with Crippen LogP contribution in [0.15, 0.2) is 42.3 Å². The molecule has 7 nitrogen and oxygen atoms in total. The fourth-order valence-corrected chi connectivity index (χ4v) is 5.45. The molecule has 2 aliphatic heterocycles. The number of benzene rings is 1. The molecule has 0 aliphatic carbocycles. The van der Waals surface area contributed by atoms with Crippen LogP contribution in [0.5, 0.6) is 0 Å². The molecule has 0 saturated carbocycles. The SMILES string of the molecule is CCO[C@H]1OC(C(=O)N2CCCCCCC2)=C[C@@H](c2cn(C(C)=O)c3ccccc23)[C@H]1CCCO. The van der Waals surface area contributed by atoms with E-state index in [1.54, 1.807) is 11.5 Å². The maximum atomic E-state index is 13.6. The Bertz CT molecular complexity index is 1050. The first-order valence-corrected chi connectivity index (χ1v) is 13.1. The predicted molar refractivity (Wildman–Crippen MR) is 135 cm³/mol. The number of amides is 1. The number of aliphatic hydroxyl groups is 1. The number of carbonyl (C=O) groups is 2. The Morgan fingerprint density at radius 3 is 2.51 bits per heavy atom. The van der Waals surface area contributed by atoms with E-state index in [1.807, 2.05) is 48.4 Å². The van der Waals surface area contributed by atoms with Crippen molar-refractivity contribution in [1.29, 1.82) is 0 Å². The molecule has 1 aromatic carbocycles. The summed E-state index contributed by atoms with van der Waals surface area (Å²) in [5.74, 6) is -0.108. The summed E-state index contributed by atoms with van der Waals surface area (Å²) >= 11 is 0. The summed E-state index contributed by atoms with van der Waals surface area (Å²) in [5.41, 5.74) is 1.82. The first-order valence-electron chi connectivity index (χ1n) is 13.1. The van der Waals surface area contributed by atoms with Gasteiger partial charge in [0.2, 0.25) is 12.2 Å². The molecule has 7 heteroatoms. The maximum Gasteiger partial charge on any atom is 0.288 e. The fraction of sp³-hybridized carbons (Fsp3) is 0.571. The van der Waals surface area contributed by atoms with Crippen LogP contribution >= 0.6 is 0 Å². The normalized spacial score (nSPS) is 23.3. The lowest BCUT2D eigenvalue weighted by Gasteiger charge is -2.38. The van der Waals surface area contributed by atoms with E-state index in [4.69, 9.17) is 9.47 Å². The van der Waals surface area contributed by atoms with Crippen LogP contribution in [0.25, 0.3) is 10.9 Å². The molecule has 3 atom stereocenters. The van der Waals surface area contributed by atoms with Gasteiger partial charge < -0.3 is 19.5 Å². The minimum Gasteiger partial charge on any atom is -0.459 e. The molecular weight excluding hydrogens is 444 g/mol. The molecule has 0 bridgehead atoms. The summed E-state index contributed by atoms with van der Waals surface area (Å²) in [4.78, 5) is 28.0. The highest BCUT2D eigenvalue weighted by Crippen LogP contribution is 2.42. The van der Waals surface area contributed by atoms with E-state index in [1.165, 1.54) is 6.42 Å². The van der Waals surface area contributed by atoms with Crippen LogP contribution in [-0.2, 0) is 14.3 Å². The number of likely N-dealkylation sites (tertiary alicyclic amines) is 1. The number of ether oxygens (including phenoxy) is 2. The Kier molecular flexibility index (Phi) is 8.63. The number of carbonyl (C=O) groups excluding carboxylic acids is 2. The average Bonchev–Trinajstić information content (AvgIpc) is 3.22. The van der Waals surface area contributed by atoms with Gasteiger partial charge in [-0.15, -0.1) is 0 Å². The summed E-state index contributed by atoms with van der Waals surface area (Å²) in [6, 6.07) is 7.85. The van der Waals surface area contributed by atoms with Crippen molar-refractivity contribution < 1.29 is 24.2 Å². The summed E-state index contributed by atoms with van der Waals surface area (Å²) in [6.07, 6.45) is 10.0. The zero-order chi connectivity index (χ0) is 24.8. The largest absolute Gasteiger partial charge is 0.459 e. The number of aromatic nitrogens is 1. The van der Waals surface area contributed by atoms with Gasteiger partial charge in [-0.3, -0.25) is 14.2 Å². The number of allylic oxidation sites excluding steroid dienone is 1. The molecule has 190 valence electrons. The molecule has 1 saturated heterocycles. The number of hydrogen-bond donors (Lipinski definition) is 1. The van der Waals surface area contributed by atoms with E-state index in [0.717, 1.165) is 55.2 Å². The van der Waals surface area contributed by atoms with Crippen LogP contribution in [0.1, 0.15) is 75.1 Å². The minimum atomic E-state index is -0.602. The lowest BCUT2D eigenvalue weighted by Crippen LogP contribution is -2.41. The van der Waals surface area contributed by atoms with E-state index in [9.17, 15) is 14.7 Å². The summed E-state index contributed by atoms with van der Waals surface area (Å²) in [6.45, 7) is 5.47. The zero-order valence-electron chi connectivity index (χ0n) is 20.9. The molecule has 1 aromatic heterocycles. The molecule has 2 aromatic rings. The predicted octanol–water partition coefficient (Wildman–Crippen LogP) is 4.84. The van der Waals surface area contributed by atoms with Crippen molar-refractivity contribution in [2.24, 2.45) is 5.92 Å². The van der Waals surface area contributed by atoms with E-state index < -0.39 is 6.29 Å². The van der Waals surface area contributed by atoms with Gasteiger partial charge >= 0.3 is 0 Å². The first kappa shape index (κ1) is 25.5. The summed E-state index contributed by atoms with van der Waals surface area (Å²) in [7, 11) is 0. The topological polar surface area (TPSA) is 81.0 Å². The van der Waals surface area contributed by atoms with E-state index >= 15 is 0 Å². The van der Waals surface area contributed by atoms with Crippen molar-refractivity contribution in [1.82, 2.24) is 9.47 Å². The molecule has 0 radical (unpaired) electrons. The maximum absolute atomic E-state index is 13.6. The fourth-order valence-electron chi connectivity index (χ4n) is 5.45. The van der Waals surface area contributed by atoms with Crippen molar-refractivity contribution >= 4 is 22.7 Å². The van der Waals surface area contributed by atoms with Gasteiger partial charge in [0.1, 0.15) is 0 Å². The molecule has 0 spiro atoms. The van der Waals surface area contributed by atoms with Crippen LogP contribution in [0.3, 0.4) is 0 Å². The molecule has 4 rings (SSSR count). The lowest BCUT2D eigenvalue weighted by molar-refractivity contribution is -0.170. The third-order valence-corrected chi connectivity index (χ3v) is 7.21. The second-order valence-corrected chi connectivity index (χ2v) is 9.58. The zero-order valence-corrected chi connectivity index (χ0v) is 20.9. The summed E-state index contributed by atoms with van der Waals surface area (Å²) in [5, 5.41) is 10.6. The highest BCUT2D eigenvalue weighted by atomic mass is 16.7. The van der Waals surface area contributed by atoms with Gasteiger partial charge in [0.05, 0.1) is 5.52 Å². The van der Waals surface area contributed by atoms with E-state index in [2.05, 4.69) is 0 Å². The van der Waals surface area contributed by atoms with Crippen LogP contribution in [0.2, 0.25) is 0 Å². The molecule has 2 aliphatic rings. The molecule has 35 heavy (non-hydrogen) atoms. The van der Waals surface area contributed by atoms with Crippen LogP contribution in [0.4, 0.5) is 0 Å². The second kappa shape index (κ2) is 11.9. The molecule has 0 unspecified atom stereocenters. The first-order chi connectivity index (χ1) is 17.0. The number of hydrogen-bond acceptors (Lipinski definition) is 5. The Hall–Kier alpha value is -2.64. The number of aliphatic hydroxyl groups excluding tert-OH is 1. The van der Waals surface area contributed by atoms with Gasteiger partial charge in [0, 0.05) is 56.6 Å². The van der Waals surface area contributed by atoms with Crippen molar-refractivity contribution in [2.45, 2.75) is 71.0 Å². The van der Waals surface area contributed by atoms with Crippen molar-refractivity contribution in [3.8, 4) is 0 Å². The van der Waals surface area contributed by atoms with E-state index in [0.29, 0.717) is 25.2 Å². The molecule has 1 N–H and O–H groups in total. The van der Waals surface area contributed by atoms with Gasteiger partial charge in [-0.05, 0) is 50.3 Å². The Morgan fingerprint density at radius 2 is 1.83 bits per heavy atom. The second-order valence-electron chi connectivity index (χ2n) is 9.58. The van der Waals surface area contributed by atoms with Crippen molar-refractivity contribution in [3.05, 3.63) is 47.9 Å². The number of para-hydroxylation sites is 1.